The van der Waals surface area contributed by atoms with Crippen LogP contribution in [-0.4, -0.2) is 60.0 Å². The normalized spacial score (nSPS) is 17.5. The van der Waals surface area contributed by atoms with Crippen LogP contribution in [0.25, 0.3) is 0 Å². The first-order valence-corrected chi connectivity index (χ1v) is 10.1. The highest BCUT2D eigenvalue weighted by atomic mass is 19.3. The molecule has 2 amide bonds. The second-order valence-electron chi connectivity index (χ2n) is 7.94. The lowest BCUT2D eigenvalue weighted by Crippen LogP contribution is -2.39. The molecule has 0 unspecified atom stereocenters. The van der Waals surface area contributed by atoms with Crippen LogP contribution in [0.5, 0.6) is 0 Å². The number of hydrogen-bond acceptors (Lipinski definition) is 5. The van der Waals surface area contributed by atoms with Gasteiger partial charge in [0.05, 0.1) is 36.6 Å². The lowest BCUT2D eigenvalue weighted by molar-refractivity contribution is 0.0117. The molecule has 11 heteroatoms. The summed E-state index contributed by atoms with van der Waals surface area (Å²) in [4.78, 5) is 26.4. The number of aryl methyl sites for hydroxylation is 2. The lowest BCUT2D eigenvalue weighted by atomic mass is 10.1. The molecule has 0 spiro atoms. The number of nitrogens with zero attached hydrogens (tertiary/aromatic N) is 6. The molecule has 3 aromatic rings. The van der Waals surface area contributed by atoms with Gasteiger partial charge in [-0.2, -0.15) is 5.10 Å². The first kappa shape index (κ1) is 21.6. The minimum Gasteiger partial charge on any atom is -0.347 e. The summed E-state index contributed by atoms with van der Waals surface area (Å²) in [5.74, 6) is -3.93. The van der Waals surface area contributed by atoms with E-state index in [2.05, 4.69) is 20.7 Å². The zero-order valence-corrected chi connectivity index (χ0v) is 17.7. The molecule has 2 aromatic heterocycles. The second kappa shape index (κ2) is 8.48. The number of nitrogens with one attached hydrogen (secondary N) is 1. The molecule has 1 N–H and O–H groups in total. The summed E-state index contributed by atoms with van der Waals surface area (Å²) in [5.41, 5.74) is 1.77. The number of carbonyl (C=O) groups excluding carboxylic acids is 2. The van der Waals surface area contributed by atoms with Crippen molar-refractivity contribution in [2.45, 2.75) is 38.4 Å². The summed E-state index contributed by atoms with van der Waals surface area (Å²) in [7, 11) is 1.67. The topological polar surface area (TPSA) is 97.9 Å². The molecular formula is C21H23F2N7O2. The molecule has 9 nitrogen and oxygen atoms in total. The van der Waals surface area contributed by atoms with E-state index in [4.69, 9.17) is 0 Å². The number of aromatic nitrogens is 5. The minimum absolute atomic E-state index is 0.000392. The highest BCUT2D eigenvalue weighted by Gasteiger charge is 2.47. The van der Waals surface area contributed by atoms with Crippen molar-refractivity contribution < 1.29 is 18.4 Å². The third-order valence-corrected chi connectivity index (χ3v) is 5.35. The maximum atomic E-state index is 14.2. The van der Waals surface area contributed by atoms with Crippen molar-refractivity contribution in [1.29, 1.82) is 0 Å². The summed E-state index contributed by atoms with van der Waals surface area (Å²) >= 11 is 0. The van der Waals surface area contributed by atoms with Crippen molar-refractivity contribution in [2.24, 2.45) is 7.05 Å². The highest BCUT2D eigenvalue weighted by molar-refractivity contribution is 5.95. The van der Waals surface area contributed by atoms with Crippen LogP contribution < -0.4 is 5.32 Å². The number of alkyl halides is 2. The van der Waals surface area contributed by atoms with E-state index in [9.17, 15) is 18.4 Å². The van der Waals surface area contributed by atoms with E-state index in [-0.39, 0.29) is 17.8 Å². The van der Waals surface area contributed by atoms with E-state index in [0.29, 0.717) is 12.2 Å². The summed E-state index contributed by atoms with van der Waals surface area (Å²) in [5, 5.41) is 14.6. The molecule has 1 aliphatic heterocycles. The molecule has 4 rings (SSSR count). The SMILES string of the molecule is Cc1nn(C)cc1C(=O)N1CC(F)(F)C[C@H]1Cn1cc(C(=O)NCc2ccccc2)nn1. The maximum Gasteiger partial charge on any atom is 0.273 e. The predicted molar refractivity (Wildman–Crippen MR) is 110 cm³/mol. The Balaban J connectivity index is 1.44. The standard InChI is InChI=1S/C21H23F2N7O2/c1-14-17(11-28(2)26-14)20(32)30-13-21(22,23)8-16(30)10-29-12-18(25-27-29)19(31)24-9-15-6-4-3-5-7-15/h3-7,11-12,16H,8-10,13H2,1-2H3,(H,24,31)/t16-/m0/s1. The van der Waals surface area contributed by atoms with E-state index in [0.717, 1.165) is 10.5 Å². The zero-order chi connectivity index (χ0) is 22.9. The van der Waals surface area contributed by atoms with E-state index in [1.807, 2.05) is 30.3 Å². The van der Waals surface area contributed by atoms with Gasteiger partial charge < -0.3 is 10.2 Å². The van der Waals surface area contributed by atoms with E-state index >= 15 is 0 Å². The van der Waals surface area contributed by atoms with Crippen LogP contribution in [0.2, 0.25) is 0 Å². The van der Waals surface area contributed by atoms with E-state index in [1.165, 1.54) is 21.8 Å². The molecule has 0 aliphatic carbocycles. The Kier molecular flexibility index (Phi) is 5.72. The molecule has 0 radical (unpaired) electrons. The van der Waals surface area contributed by atoms with E-state index < -0.39 is 36.7 Å². The van der Waals surface area contributed by atoms with Crippen molar-refractivity contribution in [2.75, 3.05) is 6.54 Å². The van der Waals surface area contributed by atoms with Crippen LogP contribution in [-0.2, 0) is 20.1 Å². The molecule has 1 aromatic carbocycles. The van der Waals surface area contributed by atoms with Crippen molar-refractivity contribution in [3.05, 3.63) is 65.2 Å². The predicted octanol–water partition coefficient (Wildman–Crippen LogP) is 1.80. The first-order chi connectivity index (χ1) is 15.2. The number of halogens is 2. The monoisotopic (exact) mass is 443 g/mol. The van der Waals surface area contributed by atoms with Crippen molar-refractivity contribution in [1.82, 2.24) is 35.0 Å². The van der Waals surface area contributed by atoms with Gasteiger partial charge in [0.15, 0.2) is 5.69 Å². The molecule has 0 saturated carbocycles. The molecule has 1 fully saturated rings. The number of benzene rings is 1. The quantitative estimate of drug-likeness (QED) is 0.627. The van der Waals surface area contributed by atoms with Gasteiger partial charge >= 0.3 is 0 Å². The summed E-state index contributed by atoms with van der Waals surface area (Å²) in [6, 6.07) is 8.59. The van der Waals surface area contributed by atoms with Crippen molar-refractivity contribution >= 4 is 11.8 Å². The molecule has 32 heavy (non-hydrogen) atoms. The Morgan fingerprint density at radius 1 is 1.22 bits per heavy atom. The smallest absolute Gasteiger partial charge is 0.273 e. The van der Waals surface area contributed by atoms with Gasteiger partial charge in [-0.05, 0) is 12.5 Å². The summed E-state index contributed by atoms with van der Waals surface area (Å²) < 4.78 is 31.2. The third kappa shape index (κ3) is 4.66. The van der Waals surface area contributed by atoms with Gasteiger partial charge in [-0.15, -0.1) is 5.10 Å². The lowest BCUT2D eigenvalue weighted by Gasteiger charge is -2.23. The fourth-order valence-corrected chi connectivity index (χ4v) is 3.84. The second-order valence-corrected chi connectivity index (χ2v) is 7.94. The molecule has 3 heterocycles. The van der Waals surface area contributed by atoms with Gasteiger partial charge in [0.2, 0.25) is 0 Å². The van der Waals surface area contributed by atoms with Crippen LogP contribution in [0.15, 0.2) is 42.7 Å². The van der Waals surface area contributed by atoms with Crippen LogP contribution >= 0.6 is 0 Å². The van der Waals surface area contributed by atoms with Gasteiger partial charge in [-0.25, -0.2) is 13.5 Å². The summed E-state index contributed by atoms with van der Waals surface area (Å²) in [6.07, 6.45) is 2.43. The largest absolute Gasteiger partial charge is 0.347 e. The van der Waals surface area contributed by atoms with Crippen LogP contribution in [0.4, 0.5) is 8.78 Å². The van der Waals surface area contributed by atoms with Gasteiger partial charge in [-0.1, -0.05) is 35.5 Å². The van der Waals surface area contributed by atoms with Gasteiger partial charge in [-0.3, -0.25) is 14.3 Å². The Morgan fingerprint density at radius 3 is 2.66 bits per heavy atom. The maximum absolute atomic E-state index is 14.2. The fourth-order valence-electron chi connectivity index (χ4n) is 3.84. The number of hydrogen-bond donors (Lipinski definition) is 1. The van der Waals surface area contributed by atoms with Gasteiger partial charge in [0.1, 0.15) is 0 Å². The summed E-state index contributed by atoms with van der Waals surface area (Å²) in [6.45, 7) is 1.31. The fraction of sp³-hybridized carbons (Fsp3) is 0.381. The average Bonchev–Trinajstić information content (AvgIpc) is 3.43. The minimum atomic E-state index is -3.01. The first-order valence-electron chi connectivity index (χ1n) is 10.1. The van der Waals surface area contributed by atoms with Gasteiger partial charge in [0.25, 0.3) is 17.7 Å². The number of rotatable bonds is 6. The zero-order valence-electron chi connectivity index (χ0n) is 17.7. The molecule has 1 saturated heterocycles. The Bertz CT molecular complexity index is 1130. The number of amides is 2. The Morgan fingerprint density at radius 2 is 1.97 bits per heavy atom. The molecule has 0 bridgehead atoms. The van der Waals surface area contributed by atoms with Crippen LogP contribution in [0.3, 0.4) is 0 Å². The highest BCUT2D eigenvalue weighted by Crippen LogP contribution is 2.34. The Labute approximate surface area is 183 Å². The molecular weight excluding hydrogens is 420 g/mol. The van der Waals surface area contributed by atoms with E-state index in [1.54, 1.807) is 14.0 Å². The van der Waals surface area contributed by atoms with Gasteiger partial charge in [0, 0.05) is 26.2 Å². The molecule has 1 aliphatic rings. The van der Waals surface area contributed by atoms with Crippen molar-refractivity contribution in [3.8, 4) is 0 Å². The average molecular weight is 443 g/mol. The molecule has 168 valence electrons. The number of carbonyl (C=O) groups is 2. The third-order valence-electron chi connectivity index (χ3n) is 5.35. The Hall–Kier alpha value is -3.63. The number of likely N-dealkylation sites (tertiary alicyclic amines) is 1. The van der Waals surface area contributed by atoms with Crippen molar-refractivity contribution in [3.63, 3.8) is 0 Å². The molecule has 1 atom stereocenters. The van der Waals surface area contributed by atoms with Crippen LogP contribution in [0.1, 0.15) is 38.5 Å². The van der Waals surface area contributed by atoms with Crippen LogP contribution in [0, 0.1) is 6.92 Å².